The molecule has 18 heavy (non-hydrogen) atoms. The molecule has 0 aliphatic carbocycles. The summed E-state index contributed by atoms with van der Waals surface area (Å²) < 4.78 is 7.04. The molecular weight excluding hydrogens is 248 g/mol. The Balaban J connectivity index is 1.89. The molecule has 0 N–H and O–H groups in total. The normalized spacial score (nSPS) is 11.8. The van der Waals surface area contributed by atoms with E-state index in [0.717, 1.165) is 34.4 Å². The summed E-state index contributed by atoms with van der Waals surface area (Å²) >= 11 is 1.52. The zero-order valence-corrected chi connectivity index (χ0v) is 10.7. The Morgan fingerprint density at radius 2 is 2.33 bits per heavy atom. The van der Waals surface area contributed by atoms with Gasteiger partial charge in [0.1, 0.15) is 10.8 Å². The molecule has 0 amide bonds. The van der Waals surface area contributed by atoms with E-state index in [1.54, 1.807) is 6.26 Å². The minimum absolute atomic E-state index is 0.815. The summed E-state index contributed by atoms with van der Waals surface area (Å²) in [5.41, 5.74) is 0. The van der Waals surface area contributed by atoms with Gasteiger partial charge in [0.25, 0.3) is 0 Å². The van der Waals surface area contributed by atoms with Crippen molar-refractivity contribution >= 4 is 28.4 Å². The second-order valence-electron chi connectivity index (χ2n) is 3.85. The second-order valence-corrected chi connectivity index (χ2v) is 4.84. The van der Waals surface area contributed by atoms with Gasteiger partial charge < -0.3 is 4.42 Å². The first kappa shape index (κ1) is 11.2. The summed E-state index contributed by atoms with van der Waals surface area (Å²) in [7, 11) is 0. The number of fused-ring (bicyclic) bond motifs is 1. The predicted molar refractivity (Wildman–Crippen MR) is 70.3 cm³/mol. The average Bonchev–Trinajstić information content (AvgIpc) is 3.04. The van der Waals surface area contributed by atoms with Crippen LogP contribution < -0.4 is 0 Å². The third kappa shape index (κ3) is 2.06. The van der Waals surface area contributed by atoms with Crippen molar-refractivity contribution in [3.05, 3.63) is 35.0 Å². The van der Waals surface area contributed by atoms with Crippen LogP contribution in [0.5, 0.6) is 0 Å². The third-order valence-corrected chi connectivity index (χ3v) is 3.34. The van der Waals surface area contributed by atoms with Crippen LogP contribution in [0.15, 0.2) is 22.8 Å². The van der Waals surface area contributed by atoms with Gasteiger partial charge in [-0.3, -0.25) is 0 Å². The fourth-order valence-corrected chi connectivity index (χ4v) is 2.42. The molecule has 3 heterocycles. The van der Waals surface area contributed by atoms with Gasteiger partial charge in [-0.1, -0.05) is 18.3 Å². The van der Waals surface area contributed by atoms with Gasteiger partial charge in [0.2, 0.25) is 4.96 Å². The van der Waals surface area contributed by atoms with Gasteiger partial charge in [0, 0.05) is 6.42 Å². The van der Waals surface area contributed by atoms with E-state index in [-0.39, 0.29) is 0 Å². The number of furan rings is 1. The van der Waals surface area contributed by atoms with Crippen LogP contribution in [-0.4, -0.2) is 19.8 Å². The lowest BCUT2D eigenvalue weighted by Gasteiger charge is -1.89. The summed E-state index contributed by atoms with van der Waals surface area (Å²) in [5, 5.41) is 13.6. The fourth-order valence-electron chi connectivity index (χ4n) is 1.66. The molecule has 92 valence electrons. The first-order valence-electron chi connectivity index (χ1n) is 5.79. The molecule has 0 spiro atoms. The zero-order chi connectivity index (χ0) is 12.4. The molecule has 0 saturated heterocycles. The van der Waals surface area contributed by atoms with Gasteiger partial charge in [-0.2, -0.15) is 9.61 Å². The Kier molecular flexibility index (Phi) is 2.93. The largest absolute Gasteiger partial charge is 0.465 e. The van der Waals surface area contributed by atoms with E-state index < -0.39 is 0 Å². The molecule has 0 aromatic carbocycles. The van der Waals surface area contributed by atoms with Crippen molar-refractivity contribution in [2.24, 2.45) is 0 Å². The van der Waals surface area contributed by atoms with Gasteiger partial charge in [-0.05, 0) is 30.7 Å². The molecule has 0 radical (unpaired) electrons. The second kappa shape index (κ2) is 4.73. The highest BCUT2D eigenvalue weighted by Crippen LogP contribution is 2.17. The lowest BCUT2D eigenvalue weighted by atomic mass is 10.3. The van der Waals surface area contributed by atoms with Crippen LogP contribution in [-0.2, 0) is 6.42 Å². The SMILES string of the molecule is CCCc1nnc2sc(/C=C/c3ccco3)nn12. The van der Waals surface area contributed by atoms with Crippen molar-refractivity contribution in [3.8, 4) is 0 Å². The minimum Gasteiger partial charge on any atom is -0.465 e. The van der Waals surface area contributed by atoms with Crippen molar-refractivity contribution in [1.82, 2.24) is 19.8 Å². The molecule has 0 atom stereocenters. The summed E-state index contributed by atoms with van der Waals surface area (Å²) in [6.45, 7) is 2.12. The molecule has 3 rings (SSSR count). The van der Waals surface area contributed by atoms with Crippen molar-refractivity contribution in [1.29, 1.82) is 0 Å². The fraction of sp³-hybridized carbons (Fsp3) is 0.250. The van der Waals surface area contributed by atoms with E-state index in [9.17, 15) is 0 Å². The summed E-state index contributed by atoms with van der Waals surface area (Å²) in [6, 6.07) is 3.76. The molecular formula is C12H12N4OS. The molecule has 6 heteroatoms. The summed E-state index contributed by atoms with van der Waals surface area (Å²) in [4.78, 5) is 0.831. The van der Waals surface area contributed by atoms with Crippen molar-refractivity contribution in [2.45, 2.75) is 19.8 Å². The molecule has 3 aromatic rings. The number of hydrogen-bond donors (Lipinski definition) is 0. The number of aryl methyl sites for hydroxylation is 1. The highest BCUT2D eigenvalue weighted by Gasteiger charge is 2.09. The average molecular weight is 260 g/mol. The van der Waals surface area contributed by atoms with E-state index in [0.29, 0.717) is 0 Å². The van der Waals surface area contributed by atoms with Gasteiger partial charge >= 0.3 is 0 Å². The van der Waals surface area contributed by atoms with E-state index >= 15 is 0 Å². The van der Waals surface area contributed by atoms with Crippen LogP contribution >= 0.6 is 11.3 Å². The molecule has 5 nitrogen and oxygen atoms in total. The predicted octanol–water partition coefficient (Wildman–Crippen LogP) is 2.90. The minimum atomic E-state index is 0.815. The molecule has 0 aliphatic heterocycles. The lowest BCUT2D eigenvalue weighted by Crippen LogP contribution is -1.94. The topological polar surface area (TPSA) is 56.2 Å². The quantitative estimate of drug-likeness (QED) is 0.723. The van der Waals surface area contributed by atoms with Crippen molar-refractivity contribution in [2.75, 3.05) is 0 Å². The van der Waals surface area contributed by atoms with E-state index in [1.807, 2.05) is 28.8 Å². The van der Waals surface area contributed by atoms with Crippen molar-refractivity contribution < 1.29 is 4.42 Å². The Hall–Kier alpha value is -1.95. The van der Waals surface area contributed by atoms with E-state index in [4.69, 9.17) is 4.42 Å². The molecule has 3 aromatic heterocycles. The Morgan fingerprint density at radius 3 is 3.11 bits per heavy atom. The zero-order valence-electron chi connectivity index (χ0n) is 9.91. The Bertz CT molecular complexity index is 665. The molecule has 0 saturated carbocycles. The van der Waals surface area contributed by atoms with Crippen molar-refractivity contribution in [3.63, 3.8) is 0 Å². The van der Waals surface area contributed by atoms with Crippen LogP contribution in [0, 0.1) is 0 Å². The van der Waals surface area contributed by atoms with Crippen LogP contribution in [0.25, 0.3) is 17.1 Å². The maximum Gasteiger partial charge on any atom is 0.234 e. The van der Waals surface area contributed by atoms with E-state index in [2.05, 4.69) is 22.2 Å². The Labute approximate surface area is 108 Å². The van der Waals surface area contributed by atoms with Crippen LogP contribution in [0.2, 0.25) is 0 Å². The monoisotopic (exact) mass is 260 g/mol. The van der Waals surface area contributed by atoms with Crippen LogP contribution in [0.3, 0.4) is 0 Å². The van der Waals surface area contributed by atoms with Gasteiger partial charge in [-0.25, -0.2) is 0 Å². The number of rotatable bonds is 4. The van der Waals surface area contributed by atoms with Gasteiger partial charge in [0.05, 0.1) is 6.26 Å². The molecule has 0 unspecified atom stereocenters. The standard InChI is InChI=1S/C12H12N4OS/c1-2-4-10-13-14-12-16(10)15-11(18-12)7-6-9-5-3-8-17-9/h3,5-8H,2,4H2,1H3/b7-6+. The summed E-state index contributed by atoms with van der Waals surface area (Å²) in [5.74, 6) is 1.73. The number of hydrogen-bond acceptors (Lipinski definition) is 5. The van der Waals surface area contributed by atoms with Gasteiger partial charge in [0.15, 0.2) is 5.82 Å². The highest BCUT2D eigenvalue weighted by atomic mass is 32.1. The molecule has 0 aliphatic rings. The molecule has 0 fully saturated rings. The first-order valence-corrected chi connectivity index (χ1v) is 6.61. The Morgan fingerprint density at radius 1 is 1.39 bits per heavy atom. The number of nitrogens with zero attached hydrogens (tertiary/aromatic N) is 4. The maximum absolute atomic E-state index is 5.23. The first-order chi connectivity index (χ1) is 8.86. The van der Waals surface area contributed by atoms with Gasteiger partial charge in [-0.15, -0.1) is 10.2 Å². The molecule has 0 bridgehead atoms. The maximum atomic E-state index is 5.23. The van der Waals surface area contributed by atoms with E-state index in [1.165, 1.54) is 11.3 Å². The highest BCUT2D eigenvalue weighted by molar-refractivity contribution is 7.17. The lowest BCUT2D eigenvalue weighted by molar-refractivity contribution is 0.557. The smallest absolute Gasteiger partial charge is 0.234 e. The third-order valence-electron chi connectivity index (χ3n) is 2.48. The number of aromatic nitrogens is 4. The van der Waals surface area contributed by atoms with Crippen LogP contribution in [0.1, 0.15) is 29.9 Å². The summed E-state index contributed by atoms with van der Waals surface area (Å²) in [6.07, 6.45) is 7.40. The van der Waals surface area contributed by atoms with Crippen LogP contribution in [0.4, 0.5) is 0 Å².